The summed E-state index contributed by atoms with van der Waals surface area (Å²) >= 11 is 4.28. The third kappa shape index (κ3) is 2.80. The number of hydrogen-bond acceptors (Lipinski definition) is 7. The second kappa shape index (κ2) is 5.98. The van der Waals surface area contributed by atoms with Crippen LogP contribution in [0.5, 0.6) is 0 Å². The highest BCUT2D eigenvalue weighted by Gasteiger charge is 2.61. The molecule has 3 atom stereocenters. The quantitative estimate of drug-likeness (QED) is 0.583. The van der Waals surface area contributed by atoms with Crippen LogP contribution in [0.15, 0.2) is 9.50 Å². The molecule has 2 aliphatic carbocycles. The minimum atomic E-state index is -0.122. The van der Waals surface area contributed by atoms with E-state index in [4.69, 9.17) is 4.74 Å². The van der Waals surface area contributed by atoms with Gasteiger partial charge in [0.15, 0.2) is 4.34 Å². The average molecular weight is 359 g/mol. The van der Waals surface area contributed by atoms with Gasteiger partial charge in [0.2, 0.25) is 5.16 Å². The smallest absolute Gasteiger partial charge is 0.316 e. The van der Waals surface area contributed by atoms with Crippen LogP contribution < -0.4 is 0 Å². The fourth-order valence-corrected chi connectivity index (χ4v) is 5.98. The van der Waals surface area contributed by atoms with Crippen molar-refractivity contribution in [1.29, 1.82) is 0 Å². The van der Waals surface area contributed by atoms with Gasteiger partial charge in [-0.15, -0.1) is 0 Å². The number of hydrogen-bond donors (Lipinski definition) is 0. The Labute approximate surface area is 144 Å². The van der Waals surface area contributed by atoms with Crippen LogP contribution >= 0.6 is 35.1 Å². The number of thioether (sulfide) groups is 2. The third-order valence-corrected chi connectivity index (χ3v) is 8.23. The molecule has 122 valence electrons. The highest BCUT2D eigenvalue weighted by Crippen LogP contribution is 2.66. The maximum absolute atomic E-state index is 12.1. The molecular weight excluding hydrogens is 336 g/mol. The summed E-state index contributed by atoms with van der Waals surface area (Å²) in [6, 6.07) is 0. The lowest BCUT2D eigenvalue weighted by atomic mass is 9.71. The van der Waals surface area contributed by atoms with Crippen LogP contribution in [0.2, 0.25) is 0 Å². The van der Waals surface area contributed by atoms with Crippen molar-refractivity contribution in [2.75, 3.05) is 12.0 Å². The Morgan fingerprint density at radius 3 is 2.77 bits per heavy atom. The zero-order valence-corrected chi connectivity index (χ0v) is 15.9. The van der Waals surface area contributed by atoms with Crippen LogP contribution in [0.1, 0.15) is 40.0 Å². The Morgan fingerprint density at radius 1 is 1.45 bits per heavy atom. The Hall–Kier alpha value is -0.270. The maximum atomic E-state index is 12.1. The molecule has 0 N–H and O–H groups in total. The molecule has 1 aromatic rings. The van der Waals surface area contributed by atoms with Gasteiger partial charge in [0.25, 0.3) is 0 Å². The molecule has 0 unspecified atom stereocenters. The zero-order valence-electron chi connectivity index (χ0n) is 13.4. The summed E-state index contributed by atoms with van der Waals surface area (Å²) in [5, 5.41) is 0.767. The normalized spacial score (nSPS) is 32.4. The van der Waals surface area contributed by atoms with Crippen LogP contribution in [-0.4, -0.2) is 33.4 Å². The van der Waals surface area contributed by atoms with Crippen molar-refractivity contribution in [3.05, 3.63) is 0 Å². The van der Waals surface area contributed by atoms with Gasteiger partial charge in [-0.3, -0.25) is 4.79 Å². The summed E-state index contributed by atoms with van der Waals surface area (Å²) < 4.78 is 10.8. The lowest BCUT2D eigenvalue weighted by Crippen LogP contribution is -2.28. The van der Waals surface area contributed by atoms with Gasteiger partial charge in [-0.1, -0.05) is 44.3 Å². The molecule has 2 bridgehead atoms. The largest absolute Gasteiger partial charge is 0.461 e. The molecule has 0 amide bonds. The number of carbonyl (C=O) groups is 1. The summed E-state index contributed by atoms with van der Waals surface area (Å²) in [4.78, 5) is 16.5. The van der Waals surface area contributed by atoms with Crippen LogP contribution in [0.25, 0.3) is 0 Å². The molecule has 1 heterocycles. The fraction of sp³-hybridized carbons (Fsp3) is 0.800. The number of fused-ring (bicyclic) bond motifs is 2. The highest BCUT2D eigenvalue weighted by atomic mass is 32.2. The molecule has 3 rings (SSSR count). The summed E-state index contributed by atoms with van der Waals surface area (Å²) in [6.45, 7) is 7.01. The number of ether oxygens (including phenoxy) is 1. The van der Waals surface area contributed by atoms with Crippen molar-refractivity contribution < 1.29 is 9.53 Å². The van der Waals surface area contributed by atoms with Gasteiger partial charge in [0, 0.05) is 5.92 Å². The molecule has 0 spiro atoms. The van der Waals surface area contributed by atoms with Crippen molar-refractivity contribution in [3.63, 3.8) is 0 Å². The third-order valence-electron chi connectivity index (χ3n) is 5.76. The Kier molecular flexibility index (Phi) is 4.51. The maximum Gasteiger partial charge on any atom is 0.316 e. The number of aromatic nitrogens is 2. The van der Waals surface area contributed by atoms with Gasteiger partial charge in [-0.05, 0) is 47.9 Å². The lowest BCUT2D eigenvalue weighted by Gasteiger charge is -2.33. The van der Waals surface area contributed by atoms with Crippen molar-refractivity contribution in [1.82, 2.24) is 9.36 Å². The Morgan fingerprint density at radius 2 is 2.23 bits per heavy atom. The van der Waals surface area contributed by atoms with Crippen molar-refractivity contribution in [2.24, 2.45) is 16.7 Å². The van der Waals surface area contributed by atoms with Gasteiger partial charge < -0.3 is 4.74 Å². The lowest BCUT2D eigenvalue weighted by molar-refractivity contribution is -0.148. The molecule has 4 nitrogen and oxygen atoms in total. The summed E-state index contributed by atoms with van der Waals surface area (Å²) in [5.74, 6) is 0.711. The Balaban J connectivity index is 1.53. The summed E-state index contributed by atoms with van der Waals surface area (Å²) in [5.41, 5.74) is 0.597. The minimum absolute atomic E-state index is 0.0954. The van der Waals surface area contributed by atoms with E-state index >= 15 is 0 Å². The molecule has 2 saturated carbocycles. The van der Waals surface area contributed by atoms with Crippen molar-refractivity contribution >= 4 is 41.0 Å². The van der Waals surface area contributed by atoms with Gasteiger partial charge in [0.05, 0.1) is 5.75 Å². The van der Waals surface area contributed by atoms with Crippen molar-refractivity contribution in [2.45, 2.75) is 55.6 Å². The zero-order chi connectivity index (χ0) is 16.0. The van der Waals surface area contributed by atoms with Gasteiger partial charge >= 0.3 is 5.97 Å². The van der Waals surface area contributed by atoms with E-state index in [1.807, 2.05) is 6.26 Å². The fourth-order valence-electron chi connectivity index (χ4n) is 3.99. The van der Waals surface area contributed by atoms with E-state index in [0.29, 0.717) is 17.1 Å². The number of esters is 1. The van der Waals surface area contributed by atoms with E-state index in [1.54, 1.807) is 0 Å². The average Bonchev–Trinajstić information content (AvgIpc) is 3.05. The molecule has 22 heavy (non-hydrogen) atoms. The second-order valence-electron chi connectivity index (χ2n) is 7.00. The molecule has 2 fully saturated rings. The van der Waals surface area contributed by atoms with Crippen LogP contribution in [0, 0.1) is 16.7 Å². The molecule has 2 aliphatic rings. The SMILES string of the molecule is CSc1nsc(SCC(=O)O[C@@H]2C[C@@]3(C)CC[C@H]2C3(C)C)n1. The van der Waals surface area contributed by atoms with E-state index in [9.17, 15) is 4.79 Å². The first kappa shape index (κ1) is 16.6. The van der Waals surface area contributed by atoms with Gasteiger partial charge in [-0.2, -0.15) is 4.37 Å². The van der Waals surface area contributed by atoms with Gasteiger partial charge in [0.1, 0.15) is 6.10 Å². The molecule has 0 aliphatic heterocycles. The Bertz CT molecular complexity index is 572. The first-order chi connectivity index (χ1) is 10.4. The van der Waals surface area contributed by atoms with E-state index in [0.717, 1.165) is 15.9 Å². The number of nitrogens with zero attached hydrogens (tertiary/aromatic N) is 2. The van der Waals surface area contributed by atoms with E-state index in [-0.39, 0.29) is 17.5 Å². The topological polar surface area (TPSA) is 52.1 Å². The second-order valence-corrected chi connectivity index (χ2v) is 9.74. The van der Waals surface area contributed by atoms with Gasteiger partial charge in [-0.25, -0.2) is 4.98 Å². The van der Waals surface area contributed by atoms with Crippen LogP contribution in [-0.2, 0) is 9.53 Å². The highest BCUT2D eigenvalue weighted by molar-refractivity contribution is 8.01. The minimum Gasteiger partial charge on any atom is -0.461 e. The summed E-state index contributed by atoms with van der Waals surface area (Å²) in [6.07, 6.45) is 5.49. The number of carbonyl (C=O) groups excluding carboxylic acids is 1. The predicted molar refractivity (Wildman–Crippen MR) is 91.5 cm³/mol. The first-order valence-corrected chi connectivity index (χ1v) is 10.5. The first-order valence-electron chi connectivity index (χ1n) is 7.56. The van der Waals surface area contributed by atoms with Crippen LogP contribution in [0.4, 0.5) is 0 Å². The molecule has 0 aromatic carbocycles. The van der Waals surface area contributed by atoms with E-state index in [1.165, 1.54) is 47.9 Å². The molecule has 0 radical (unpaired) electrons. The van der Waals surface area contributed by atoms with E-state index in [2.05, 4.69) is 30.1 Å². The molecule has 7 heteroatoms. The van der Waals surface area contributed by atoms with Crippen molar-refractivity contribution in [3.8, 4) is 0 Å². The molecular formula is C15H22N2O2S3. The number of rotatable bonds is 5. The van der Waals surface area contributed by atoms with E-state index < -0.39 is 0 Å². The predicted octanol–water partition coefficient (Wildman–Crippen LogP) is 4.11. The van der Waals surface area contributed by atoms with Crippen LogP contribution in [0.3, 0.4) is 0 Å². The standard InChI is InChI=1S/C15H22N2O2S3/c1-14(2)9-5-6-15(14,3)7-10(9)19-11(18)8-21-13-16-12(20-4)17-22-13/h9-10H,5-8H2,1-4H3/t9-,10-,15-/m1/s1. The molecule has 0 saturated heterocycles. The summed E-state index contributed by atoms with van der Waals surface area (Å²) in [7, 11) is 0. The molecule has 1 aromatic heterocycles. The monoisotopic (exact) mass is 358 g/mol.